The van der Waals surface area contributed by atoms with Gasteiger partial charge in [0.2, 0.25) is 5.82 Å². The Morgan fingerprint density at radius 3 is 2.27 bits per heavy atom. The number of halogens is 3. The van der Waals surface area contributed by atoms with Crippen LogP contribution in [0.5, 0.6) is 0 Å². The summed E-state index contributed by atoms with van der Waals surface area (Å²) in [4.78, 5) is 6.17. The normalized spacial score (nSPS) is 17.0. The minimum atomic E-state index is -4.44. The van der Waals surface area contributed by atoms with Gasteiger partial charge in [-0.2, -0.15) is 13.2 Å². The molecule has 0 bridgehead atoms. The van der Waals surface area contributed by atoms with Crippen LogP contribution < -0.4 is 0 Å². The lowest BCUT2D eigenvalue weighted by Crippen LogP contribution is -2.35. The van der Waals surface area contributed by atoms with Gasteiger partial charge in [-0.05, 0) is 30.5 Å². The summed E-state index contributed by atoms with van der Waals surface area (Å²) < 4.78 is 41.9. The molecule has 1 saturated heterocycles. The number of hydrogen-bond donors (Lipinski definition) is 0. The maximum atomic E-state index is 13.5. The van der Waals surface area contributed by atoms with Gasteiger partial charge < -0.3 is 4.57 Å². The molecule has 0 spiro atoms. The van der Waals surface area contributed by atoms with Crippen LogP contribution in [0.1, 0.15) is 30.3 Å². The van der Waals surface area contributed by atoms with Crippen molar-refractivity contribution in [1.82, 2.24) is 14.5 Å². The van der Waals surface area contributed by atoms with Crippen molar-refractivity contribution < 1.29 is 13.2 Å². The van der Waals surface area contributed by atoms with Crippen molar-refractivity contribution in [2.45, 2.75) is 31.6 Å². The number of aromatic nitrogens is 2. The first-order valence-electron chi connectivity index (χ1n) is 8.83. The van der Waals surface area contributed by atoms with Crippen LogP contribution in [0.2, 0.25) is 0 Å². The molecule has 2 aromatic carbocycles. The Morgan fingerprint density at radius 2 is 1.58 bits per heavy atom. The minimum absolute atomic E-state index is 0.175. The van der Waals surface area contributed by atoms with Gasteiger partial charge in [-0.1, -0.05) is 42.5 Å². The van der Waals surface area contributed by atoms with Crippen molar-refractivity contribution in [3.05, 3.63) is 66.0 Å². The highest BCUT2D eigenvalue weighted by atomic mass is 19.4. The van der Waals surface area contributed by atoms with E-state index in [0.717, 1.165) is 19.6 Å². The molecule has 0 aliphatic carbocycles. The molecule has 0 radical (unpaired) electrons. The van der Waals surface area contributed by atoms with Crippen LogP contribution in [0.15, 0.2) is 54.6 Å². The zero-order chi connectivity index (χ0) is 18.1. The molecule has 4 rings (SSSR count). The first kappa shape index (κ1) is 17.1. The summed E-state index contributed by atoms with van der Waals surface area (Å²) in [6.07, 6.45) is -3.06. The van der Waals surface area contributed by atoms with Crippen molar-refractivity contribution >= 4 is 11.0 Å². The van der Waals surface area contributed by atoms with E-state index < -0.39 is 12.0 Å². The van der Waals surface area contributed by atoms with Gasteiger partial charge in [0, 0.05) is 25.7 Å². The predicted molar refractivity (Wildman–Crippen MR) is 94.7 cm³/mol. The summed E-state index contributed by atoms with van der Waals surface area (Å²) in [5, 5.41) is 0. The quantitative estimate of drug-likeness (QED) is 0.664. The molecule has 1 fully saturated rings. The number of benzene rings is 2. The molecule has 0 unspecified atom stereocenters. The molecule has 0 saturated carbocycles. The number of hydrogen-bond acceptors (Lipinski definition) is 2. The average Bonchev–Trinajstić information content (AvgIpc) is 3.03. The molecule has 3 nitrogen and oxygen atoms in total. The molecule has 26 heavy (non-hydrogen) atoms. The van der Waals surface area contributed by atoms with E-state index in [0.29, 0.717) is 23.9 Å². The molecular formula is C20H20F3N3. The second-order valence-corrected chi connectivity index (χ2v) is 6.78. The zero-order valence-corrected chi connectivity index (χ0v) is 14.3. The van der Waals surface area contributed by atoms with Gasteiger partial charge in [0.1, 0.15) is 0 Å². The topological polar surface area (TPSA) is 21.1 Å². The summed E-state index contributed by atoms with van der Waals surface area (Å²) in [6, 6.07) is 16.9. The molecule has 1 aliphatic rings. The maximum absolute atomic E-state index is 13.5. The molecular weight excluding hydrogens is 339 g/mol. The lowest BCUT2D eigenvalue weighted by atomic mass is 10.0. The van der Waals surface area contributed by atoms with E-state index in [-0.39, 0.29) is 6.04 Å². The molecule has 2 heterocycles. The number of para-hydroxylation sites is 2. The lowest BCUT2D eigenvalue weighted by Gasteiger charge is -2.33. The molecule has 0 atom stereocenters. The summed E-state index contributed by atoms with van der Waals surface area (Å²) >= 11 is 0. The molecule has 1 aromatic heterocycles. The maximum Gasteiger partial charge on any atom is 0.449 e. The standard InChI is InChI=1S/C20H20F3N3/c21-20(22,23)19-24-17-8-4-5-9-18(17)26(19)16-10-12-25(13-11-16)14-15-6-2-1-3-7-15/h1-9,16H,10-14H2. The number of likely N-dealkylation sites (tertiary alicyclic amines) is 1. The summed E-state index contributed by atoms with van der Waals surface area (Å²) in [5.74, 6) is -0.778. The number of piperidine rings is 1. The van der Waals surface area contributed by atoms with Crippen molar-refractivity contribution in [3.63, 3.8) is 0 Å². The summed E-state index contributed by atoms with van der Waals surface area (Å²) in [6.45, 7) is 2.40. The monoisotopic (exact) mass is 359 g/mol. The number of alkyl halides is 3. The smallest absolute Gasteiger partial charge is 0.317 e. The van der Waals surface area contributed by atoms with E-state index in [9.17, 15) is 13.2 Å². The van der Waals surface area contributed by atoms with E-state index in [2.05, 4.69) is 22.0 Å². The van der Waals surface area contributed by atoms with Crippen LogP contribution in [-0.2, 0) is 12.7 Å². The predicted octanol–water partition coefficient (Wildman–Crippen LogP) is 4.89. The Morgan fingerprint density at radius 1 is 0.923 bits per heavy atom. The van der Waals surface area contributed by atoms with E-state index in [4.69, 9.17) is 0 Å². The van der Waals surface area contributed by atoms with Crippen LogP contribution in [0.3, 0.4) is 0 Å². The average molecular weight is 359 g/mol. The van der Waals surface area contributed by atoms with Crippen LogP contribution in [0.25, 0.3) is 11.0 Å². The fraction of sp³-hybridized carbons (Fsp3) is 0.350. The van der Waals surface area contributed by atoms with Gasteiger partial charge in [-0.15, -0.1) is 0 Å². The van der Waals surface area contributed by atoms with Gasteiger partial charge in [-0.25, -0.2) is 4.98 Å². The third-order valence-corrected chi connectivity index (χ3v) is 5.02. The molecule has 1 aliphatic heterocycles. The van der Waals surface area contributed by atoms with Crippen LogP contribution in [0.4, 0.5) is 13.2 Å². The van der Waals surface area contributed by atoms with Gasteiger partial charge in [0.05, 0.1) is 11.0 Å². The Bertz CT molecular complexity index is 878. The molecule has 0 N–H and O–H groups in total. The van der Waals surface area contributed by atoms with Gasteiger partial charge in [-0.3, -0.25) is 4.90 Å². The van der Waals surface area contributed by atoms with E-state index in [1.165, 1.54) is 10.1 Å². The minimum Gasteiger partial charge on any atom is -0.317 e. The third kappa shape index (κ3) is 3.33. The second-order valence-electron chi connectivity index (χ2n) is 6.78. The Balaban J connectivity index is 1.56. The number of imidazole rings is 1. The fourth-order valence-corrected chi connectivity index (χ4v) is 3.79. The first-order chi connectivity index (χ1) is 12.5. The van der Waals surface area contributed by atoms with Crippen molar-refractivity contribution in [3.8, 4) is 0 Å². The first-order valence-corrected chi connectivity index (χ1v) is 8.83. The number of nitrogens with zero attached hydrogens (tertiary/aromatic N) is 3. The van der Waals surface area contributed by atoms with Crippen LogP contribution in [0, 0.1) is 0 Å². The van der Waals surface area contributed by atoms with E-state index >= 15 is 0 Å². The molecule has 0 amide bonds. The number of rotatable bonds is 3. The SMILES string of the molecule is FC(F)(F)c1nc2ccccc2n1C1CCN(Cc2ccccc2)CC1. The van der Waals surface area contributed by atoms with Gasteiger partial charge in [0.25, 0.3) is 0 Å². The van der Waals surface area contributed by atoms with Crippen molar-refractivity contribution in [2.24, 2.45) is 0 Å². The van der Waals surface area contributed by atoms with Gasteiger partial charge >= 0.3 is 6.18 Å². The Hall–Kier alpha value is -2.34. The van der Waals surface area contributed by atoms with Crippen molar-refractivity contribution in [2.75, 3.05) is 13.1 Å². The lowest BCUT2D eigenvalue weighted by molar-refractivity contribution is -0.147. The Kier molecular flexibility index (Phi) is 4.44. The van der Waals surface area contributed by atoms with E-state index in [1.807, 2.05) is 18.2 Å². The summed E-state index contributed by atoms with van der Waals surface area (Å²) in [7, 11) is 0. The molecule has 136 valence electrons. The van der Waals surface area contributed by atoms with Crippen molar-refractivity contribution in [1.29, 1.82) is 0 Å². The van der Waals surface area contributed by atoms with Crippen LogP contribution in [-0.4, -0.2) is 27.5 Å². The fourth-order valence-electron chi connectivity index (χ4n) is 3.79. The molecule has 6 heteroatoms. The highest BCUT2D eigenvalue weighted by Crippen LogP contribution is 2.36. The largest absolute Gasteiger partial charge is 0.449 e. The van der Waals surface area contributed by atoms with Crippen LogP contribution >= 0.6 is 0 Å². The highest BCUT2D eigenvalue weighted by Gasteiger charge is 2.39. The molecule has 3 aromatic rings. The Labute approximate surface area is 150 Å². The number of fused-ring (bicyclic) bond motifs is 1. The zero-order valence-electron chi connectivity index (χ0n) is 14.3. The third-order valence-electron chi connectivity index (χ3n) is 5.02. The second kappa shape index (κ2) is 6.76. The highest BCUT2D eigenvalue weighted by molar-refractivity contribution is 5.76. The van der Waals surface area contributed by atoms with Gasteiger partial charge in [0.15, 0.2) is 0 Å². The summed E-state index contributed by atoms with van der Waals surface area (Å²) in [5.41, 5.74) is 2.21. The van der Waals surface area contributed by atoms with E-state index in [1.54, 1.807) is 24.3 Å².